The Bertz CT molecular complexity index is 386. The summed E-state index contributed by atoms with van der Waals surface area (Å²) in [4.78, 5) is 0. The van der Waals surface area contributed by atoms with Gasteiger partial charge in [-0.25, -0.2) is 0 Å². The van der Waals surface area contributed by atoms with E-state index >= 15 is 0 Å². The fraction of sp³-hybridized carbons (Fsp3) is 0.571. The molecule has 2 heterocycles. The molecule has 0 saturated carbocycles. The second-order valence-electron chi connectivity index (χ2n) is 4.95. The summed E-state index contributed by atoms with van der Waals surface area (Å²) in [6.07, 6.45) is 5.01. The molecule has 0 bridgehead atoms. The Balaban J connectivity index is 1.57. The molecule has 0 radical (unpaired) electrons. The molecule has 1 fully saturated rings. The number of ether oxygens (including phenoxy) is 1. The van der Waals surface area contributed by atoms with Crippen molar-refractivity contribution in [1.82, 2.24) is 5.32 Å². The Hall–Kier alpha value is -1.22. The molecule has 1 atom stereocenters. The van der Waals surface area contributed by atoms with Gasteiger partial charge in [0.05, 0.1) is 0 Å². The fourth-order valence-electron chi connectivity index (χ4n) is 2.62. The molecule has 2 aliphatic rings. The summed E-state index contributed by atoms with van der Waals surface area (Å²) in [6, 6.07) is 6.93. The maximum Gasteiger partial charge on any atom is 0.121 e. The highest BCUT2D eigenvalue weighted by Crippen LogP contribution is 2.27. The highest BCUT2D eigenvalue weighted by molar-refractivity contribution is 5.58. The van der Waals surface area contributed by atoms with Crippen molar-refractivity contribution in [3.63, 3.8) is 0 Å². The van der Waals surface area contributed by atoms with Gasteiger partial charge < -0.3 is 15.4 Å². The van der Waals surface area contributed by atoms with Gasteiger partial charge in [-0.1, -0.05) is 12.5 Å². The zero-order valence-electron chi connectivity index (χ0n) is 10.2. The number of rotatable bonds is 3. The van der Waals surface area contributed by atoms with Crippen molar-refractivity contribution in [2.45, 2.75) is 31.7 Å². The van der Waals surface area contributed by atoms with Gasteiger partial charge >= 0.3 is 0 Å². The predicted octanol–water partition coefficient (Wildman–Crippen LogP) is 2.18. The number of fused-ring (bicyclic) bond motifs is 1. The topological polar surface area (TPSA) is 33.3 Å². The molecule has 1 aromatic carbocycles. The van der Waals surface area contributed by atoms with Crippen molar-refractivity contribution in [3.05, 3.63) is 23.8 Å². The van der Waals surface area contributed by atoms with Crippen molar-refractivity contribution in [2.75, 3.05) is 25.0 Å². The summed E-state index contributed by atoms with van der Waals surface area (Å²) in [5, 5.41) is 6.88. The minimum absolute atomic E-state index is 0.532. The third-order valence-corrected chi connectivity index (χ3v) is 3.65. The molecule has 1 aromatic rings. The first-order valence-corrected chi connectivity index (χ1v) is 6.65. The zero-order chi connectivity index (χ0) is 11.5. The van der Waals surface area contributed by atoms with Crippen LogP contribution in [0.25, 0.3) is 0 Å². The Labute approximate surface area is 103 Å². The summed E-state index contributed by atoms with van der Waals surface area (Å²) < 4.78 is 5.87. The number of anilines is 1. The lowest BCUT2D eigenvalue weighted by atomic mass is 10.1. The van der Waals surface area contributed by atoms with Crippen LogP contribution in [0.1, 0.15) is 24.8 Å². The Morgan fingerprint density at radius 2 is 2.24 bits per heavy atom. The monoisotopic (exact) mass is 232 g/mol. The fourth-order valence-corrected chi connectivity index (χ4v) is 2.62. The van der Waals surface area contributed by atoms with E-state index in [1.165, 1.54) is 30.5 Å². The molecule has 0 aliphatic carbocycles. The average molecular weight is 232 g/mol. The highest BCUT2D eigenvalue weighted by Gasteiger charge is 2.14. The summed E-state index contributed by atoms with van der Waals surface area (Å²) in [5.74, 6) is 0.991. The Morgan fingerprint density at radius 3 is 3.12 bits per heavy atom. The van der Waals surface area contributed by atoms with Gasteiger partial charge in [0.25, 0.3) is 0 Å². The molecule has 1 saturated heterocycles. The van der Waals surface area contributed by atoms with Crippen LogP contribution in [0.4, 0.5) is 5.69 Å². The highest BCUT2D eigenvalue weighted by atomic mass is 16.5. The van der Waals surface area contributed by atoms with Gasteiger partial charge in [0, 0.05) is 24.3 Å². The van der Waals surface area contributed by atoms with Crippen molar-refractivity contribution < 1.29 is 4.74 Å². The molecule has 0 amide bonds. The first-order chi connectivity index (χ1) is 8.42. The van der Waals surface area contributed by atoms with Crippen molar-refractivity contribution in [1.29, 1.82) is 0 Å². The summed E-state index contributed by atoms with van der Waals surface area (Å²) in [5.41, 5.74) is 2.66. The van der Waals surface area contributed by atoms with Gasteiger partial charge in [-0.3, -0.25) is 0 Å². The van der Waals surface area contributed by atoms with Crippen molar-refractivity contribution >= 4 is 5.69 Å². The zero-order valence-corrected chi connectivity index (χ0v) is 10.2. The second kappa shape index (κ2) is 4.96. The Morgan fingerprint density at radius 1 is 1.24 bits per heavy atom. The van der Waals surface area contributed by atoms with Crippen LogP contribution in [0.2, 0.25) is 0 Å². The van der Waals surface area contributed by atoms with E-state index in [-0.39, 0.29) is 0 Å². The van der Waals surface area contributed by atoms with Crippen LogP contribution >= 0.6 is 0 Å². The molecular weight excluding hydrogens is 212 g/mol. The normalized spacial score (nSPS) is 22.9. The van der Waals surface area contributed by atoms with Crippen LogP contribution in [0, 0.1) is 0 Å². The minimum Gasteiger partial charge on any atom is -0.492 e. The van der Waals surface area contributed by atoms with Gasteiger partial charge in [0.15, 0.2) is 0 Å². The van der Waals surface area contributed by atoms with Crippen LogP contribution in [-0.4, -0.2) is 25.7 Å². The van der Waals surface area contributed by atoms with Crippen LogP contribution in [0.3, 0.4) is 0 Å². The van der Waals surface area contributed by atoms with Crippen LogP contribution in [0.15, 0.2) is 18.2 Å². The molecule has 3 heteroatoms. The molecule has 3 rings (SSSR count). The van der Waals surface area contributed by atoms with E-state index in [4.69, 9.17) is 4.74 Å². The molecule has 0 aromatic heterocycles. The number of hydrogen-bond acceptors (Lipinski definition) is 3. The first kappa shape index (κ1) is 10.9. The van der Waals surface area contributed by atoms with Gasteiger partial charge in [-0.05, 0) is 37.4 Å². The molecule has 2 N–H and O–H groups in total. The number of hydrogen-bond donors (Lipinski definition) is 2. The smallest absolute Gasteiger partial charge is 0.121 e. The molecular formula is C14H20N2O. The number of benzene rings is 1. The molecule has 17 heavy (non-hydrogen) atoms. The van der Waals surface area contributed by atoms with Gasteiger partial charge in [0.1, 0.15) is 12.4 Å². The van der Waals surface area contributed by atoms with E-state index < -0.39 is 0 Å². The van der Waals surface area contributed by atoms with E-state index in [1.54, 1.807) is 0 Å². The minimum atomic E-state index is 0.532. The molecule has 1 unspecified atom stereocenters. The largest absolute Gasteiger partial charge is 0.492 e. The van der Waals surface area contributed by atoms with E-state index in [2.05, 4.69) is 28.8 Å². The maximum absolute atomic E-state index is 5.87. The van der Waals surface area contributed by atoms with Gasteiger partial charge in [-0.15, -0.1) is 0 Å². The van der Waals surface area contributed by atoms with Crippen LogP contribution in [0.5, 0.6) is 5.75 Å². The quantitative estimate of drug-likeness (QED) is 0.838. The second-order valence-corrected chi connectivity index (χ2v) is 4.95. The Kier molecular flexibility index (Phi) is 3.18. The van der Waals surface area contributed by atoms with Crippen LogP contribution in [-0.2, 0) is 6.42 Å². The van der Waals surface area contributed by atoms with E-state index in [0.717, 1.165) is 31.9 Å². The third-order valence-electron chi connectivity index (χ3n) is 3.65. The van der Waals surface area contributed by atoms with Gasteiger partial charge in [0.2, 0.25) is 0 Å². The standard InChI is InChI=1S/C14H20N2O/c1-2-7-15-12(3-1)10-17-13-5-4-11-6-8-16-14(11)9-13/h4-5,9,12,15-16H,1-3,6-8,10H2. The molecule has 3 nitrogen and oxygen atoms in total. The third kappa shape index (κ3) is 2.55. The SMILES string of the molecule is c1cc2c(cc1OCC1CCCCN1)NCC2. The summed E-state index contributed by atoms with van der Waals surface area (Å²) in [7, 11) is 0. The number of nitrogens with one attached hydrogen (secondary N) is 2. The van der Waals surface area contributed by atoms with E-state index in [9.17, 15) is 0 Å². The molecule has 2 aliphatic heterocycles. The predicted molar refractivity (Wildman–Crippen MR) is 69.8 cm³/mol. The lowest BCUT2D eigenvalue weighted by Crippen LogP contribution is -2.38. The lowest BCUT2D eigenvalue weighted by molar-refractivity contribution is 0.239. The maximum atomic E-state index is 5.87. The van der Waals surface area contributed by atoms with Crippen LogP contribution < -0.4 is 15.4 Å². The van der Waals surface area contributed by atoms with Crippen molar-refractivity contribution in [2.24, 2.45) is 0 Å². The lowest BCUT2D eigenvalue weighted by Gasteiger charge is -2.23. The van der Waals surface area contributed by atoms with E-state index in [1.807, 2.05) is 0 Å². The molecule has 0 spiro atoms. The summed E-state index contributed by atoms with van der Waals surface area (Å²) >= 11 is 0. The first-order valence-electron chi connectivity index (χ1n) is 6.65. The average Bonchev–Trinajstić information content (AvgIpc) is 2.85. The molecule has 92 valence electrons. The number of piperidine rings is 1. The van der Waals surface area contributed by atoms with Crippen molar-refractivity contribution in [3.8, 4) is 5.75 Å². The van der Waals surface area contributed by atoms with E-state index in [0.29, 0.717) is 6.04 Å². The summed E-state index contributed by atoms with van der Waals surface area (Å²) in [6.45, 7) is 2.99. The van der Waals surface area contributed by atoms with Gasteiger partial charge in [-0.2, -0.15) is 0 Å².